The maximum absolute atomic E-state index is 12.7. The van der Waals surface area contributed by atoms with Gasteiger partial charge in [-0.2, -0.15) is 0 Å². The first-order chi connectivity index (χ1) is 10.6. The summed E-state index contributed by atoms with van der Waals surface area (Å²) in [6.07, 6.45) is 1.32. The molecule has 0 heterocycles. The van der Waals surface area contributed by atoms with Gasteiger partial charge in [0, 0.05) is 5.41 Å². The van der Waals surface area contributed by atoms with Crippen molar-refractivity contribution in [2.45, 2.75) is 53.5 Å². The molecule has 0 bridgehead atoms. The zero-order chi connectivity index (χ0) is 17.7. The number of aliphatic hydroxyl groups is 1. The number of hydrogen-bond acceptors (Lipinski definition) is 3. The second-order valence-electron chi connectivity index (χ2n) is 7.99. The van der Waals surface area contributed by atoms with Crippen LogP contribution in [0.5, 0.6) is 5.75 Å². The Kier molecular flexibility index (Phi) is 6.63. The van der Waals surface area contributed by atoms with Crippen molar-refractivity contribution < 1.29 is 14.6 Å². The van der Waals surface area contributed by atoms with E-state index in [1.807, 2.05) is 38.1 Å². The Labute approximate surface area is 140 Å². The number of carbonyl (C=O) groups is 1. The van der Waals surface area contributed by atoms with Crippen LogP contribution < -0.4 is 10.1 Å². The molecule has 1 aromatic rings. The van der Waals surface area contributed by atoms with Crippen molar-refractivity contribution >= 4 is 5.91 Å². The number of amides is 1. The third-order valence-electron chi connectivity index (χ3n) is 3.85. The van der Waals surface area contributed by atoms with Crippen molar-refractivity contribution in [3.05, 3.63) is 29.8 Å². The van der Waals surface area contributed by atoms with E-state index in [0.29, 0.717) is 6.42 Å². The number of rotatable bonds is 7. The summed E-state index contributed by atoms with van der Waals surface area (Å²) in [4.78, 5) is 12.7. The standard InChI is InChI=1S/C19H31NO3/c1-18(2,3)12-15(13-21)20-17(22)19(4,5)11-14-9-7-8-10-16(14)23-6/h7-10,15,21H,11-13H2,1-6H3,(H,20,22). The Morgan fingerprint density at radius 1 is 1.22 bits per heavy atom. The molecule has 1 rings (SSSR count). The zero-order valence-corrected chi connectivity index (χ0v) is 15.3. The van der Waals surface area contributed by atoms with E-state index in [1.54, 1.807) is 7.11 Å². The average Bonchev–Trinajstić information content (AvgIpc) is 2.45. The minimum absolute atomic E-state index is 0.0479. The number of aliphatic hydroxyl groups excluding tert-OH is 1. The van der Waals surface area contributed by atoms with Gasteiger partial charge in [0.2, 0.25) is 5.91 Å². The van der Waals surface area contributed by atoms with Gasteiger partial charge in [0.1, 0.15) is 5.75 Å². The van der Waals surface area contributed by atoms with Gasteiger partial charge >= 0.3 is 0 Å². The van der Waals surface area contributed by atoms with Crippen LogP contribution >= 0.6 is 0 Å². The summed E-state index contributed by atoms with van der Waals surface area (Å²) in [6, 6.07) is 7.52. The van der Waals surface area contributed by atoms with Gasteiger partial charge < -0.3 is 15.2 Å². The van der Waals surface area contributed by atoms with Crippen LogP contribution in [0, 0.1) is 10.8 Å². The lowest BCUT2D eigenvalue weighted by molar-refractivity contribution is -0.130. The molecule has 1 unspecified atom stereocenters. The van der Waals surface area contributed by atoms with Crippen LogP contribution in [0.15, 0.2) is 24.3 Å². The third-order valence-corrected chi connectivity index (χ3v) is 3.85. The van der Waals surface area contributed by atoms with Crippen LogP contribution in [0.1, 0.15) is 46.6 Å². The molecular weight excluding hydrogens is 290 g/mol. The first-order valence-corrected chi connectivity index (χ1v) is 8.13. The zero-order valence-electron chi connectivity index (χ0n) is 15.3. The van der Waals surface area contributed by atoms with E-state index in [9.17, 15) is 9.90 Å². The van der Waals surface area contributed by atoms with E-state index in [1.165, 1.54) is 0 Å². The van der Waals surface area contributed by atoms with Gasteiger partial charge in [-0.15, -0.1) is 0 Å². The monoisotopic (exact) mass is 321 g/mol. The van der Waals surface area contributed by atoms with Crippen molar-refractivity contribution in [3.63, 3.8) is 0 Å². The molecule has 0 radical (unpaired) electrons. The Morgan fingerprint density at radius 2 is 1.83 bits per heavy atom. The minimum Gasteiger partial charge on any atom is -0.496 e. The number of nitrogens with one attached hydrogen (secondary N) is 1. The van der Waals surface area contributed by atoms with Crippen LogP contribution in [0.3, 0.4) is 0 Å². The van der Waals surface area contributed by atoms with E-state index >= 15 is 0 Å². The predicted octanol–water partition coefficient (Wildman–Crippen LogP) is 3.18. The number of benzene rings is 1. The molecule has 1 amide bonds. The number of ether oxygens (including phenoxy) is 1. The molecule has 0 aliphatic heterocycles. The first-order valence-electron chi connectivity index (χ1n) is 8.13. The molecule has 0 aliphatic carbocycles. The predicted molar refractivity (Wildman–Crippen MR) is 93.6 cm³/mol. The SMILES string of the molecule is COc1ccccc1CC(C)(C)C(=O)NC(CO)CC(C)(C)C. The summed E-state index contributed by atoms with van der Waals surface area (Å²) in [5.74, 6) is 0.744. The van der Waals surface area contributed by atoms with Crippen LogP contribution in [0.25, 0.3) is 0 Å². The molecule has 1 atom stereocenters. The van der Waals surface area contributed by atoms with E-state index in [0.717, 1.165) is 17.7 Å². The summed E-state index contributed by atoms with van der Waals surface area (Å²) in [5.41, 5.74) is 0.472. The highest BCUT2D eigenvalue weighted by Gasteiger charge is 2.31. The fourth-order valence-electron chi connectivity index (χ4n) is 2.69. The first kappa shape index (κ1) is 19.5. The average molecular weight is 321 g/mol. The molecular formula is C19H31NO3. The molecule has 1 aromatic carbocycles. The highest BCUT2D eigenvalue weighted by Crippen LogP contribution is 2.28. The van der Waals surface area contributed by atoms with E-state index in [4.69, 9.17) is 4.74 Å². The van der Waals surface area contributed by atoms with Gasteiger partial charge in [0.15, 0.2) is 0 Å². The highest BCUT2D eigenvalue weighted by atomic mass is 16.5. The van der Waals surface area contributed by atoms with Crippen LogP contribution in [-0.4, -0.2) is 30.8 Å². The fraction of sp³-hybridized carbons (Fsp3) is 0.632. The Morgan fingerprint density at radius 3 is 2.35 bits per heavy atom. The Hall–Kier alpha value is -1.55. The molecule has 4 nitrogen and oxygen atoms in total. The molecule has 0 aliphatic rings. The minimum atomic E-state index is -0.583. The van der Waals surface area contributed by atoms with Gasteiger partial charge in [0.25, 0.3) is 0 Å². The number of methoxy groups -OCH3 is 1. The molecule has 0 fully saturated rings. The molecule has 130 valence electrons. The van der Waals surface area contributed by atoms with E-state index < -0.39 is 5.41 Å². The normalized spacial score (nSPS) is 13.5. The Balaban J connectivity index is 2.80. The summed E-state index contributed by atoms with van der Waals surface area (Å²) >= 11 is 0. The molecule has 2 N–H and O–H groups in total. The summed E-state index contributed by atoms with van der Waals surface area (Å²) < 4.78 is 5.37. The second kappa shape index (κ2) is 7.82. The van der Waals surface area contributed by atoms with Crippen molar-refractivity contribution in [1.29, 1.82) is 0 Å². The Bertz CT molecular complexity index is 518. The van der Waals surface area contributed by atoms with Crippen molar-refractivity contribution in [3.8, 4) is 5.75 Å². The van der Waals surface area contributed by atoms with Crippen LogP contribution in [-0.2, 0) is 11.2 Å². The summed E-state index contributed by atoms with van der Waals surface area (Å²) in [6.45, 7) is 10.1. The lowest BCUT2D eigenvalue weighted by atomic mass is 9.83. The third kappa shape index (κ3) is 6.22. The van der Waals surface area contributed by atoms with Gasteiger partial charge in [0.05, 0.1) is 19.8 Å². The molecule has 0 saturated heterocycles. The fourth-order valence-corrected chi connectivity index (χ4v) is 2.69. The van der Waals surface area contributed by atoms with Gasteiger partial charge in [-0.3, -0.25) is 4.79 Å². The van der Waals surface area contributed by atoms with Gasteiger partial charge in [-0.05, 0) is 29.9 Å². The number of para-hydroxylation sites is 1. The number of hydrogen-bond donors (Lipinski definition) is 2. The van der Waals surface area contributed by atoms with Crippen molar-refractivity contribution in [2.75, 3.05) is 13.7 Å². The molecule has 0 saturated carbocycles. The van der Waals surface area contributed by atoms with Gasteiger partial charge in [-0.25, -0.2) is 0 Å². The summed E-state index contributed by atoms with van der Waals surface area (Å²) in [5, 5.41) is 12.5. The lowest BCUT2D eigenvalue weighted by Gasteiger charge is -2.30. The number of carbonyl (C=O) groups excluding carboxylic acids is 1. The molecule has 23 heavy (non-hydrogen) atoms. The summed E-state index contributed by atoms with van der Waals surface area (Å²) in [7, 11) is 1.64. The van der Waals surface area contributed by atoms with Crippen LogP contribution in [0.4, 0.5) is 0 Å². The second-order valence-corrected chi connectivity index (χ2v) is 7.99. The highest BCUT2D eigenvalue weighted by molar-refractivity contribution is 5.82. The van der Waals surface area contributed by atoms with E-state index in [-0.39, 0.29) is 24.0 Å². The van der Waals surface area contributed by atoms with E-state index in [2.05, 4.69) is 26.1 Å². The topological polar surface area (TPSA) is 58.6 Å². The lowest BCUT2D eigenvalue weighted by Crippen LogP contribution is -2.46. The maximum Gasteiger partial charge on any atom is 0.226 e. The van der Waals surface area contributed by atoms with Crippen molar-refractivity contribution in [1.82, 2.24) is 5.32 Å². The van der Waals surface area contributed by atoms with Crippen LogP contribution in [0.2, 0.25) is 0 Å². The quantitative estimate of drug-likeness (QED) is 0.811. The van der Waals surface area contributed by atoms with Gasteiger partial charge in [-0.1, -0.05) is 52.8 Å². The largest absolute Gasteiger partial charge is 0.496 e. The molecule has 4 heteroatoms. The smallest absolute Gasteiger partial charge is 0.226 e. The maximum atomic E-state index is 12.7. The molecule has 0 spiro atoms. The van der Waals surface area contributed by atoms with Crippen molar-refractivity contribution in [2.24, 2.45) is 10.8 Å². The molecule has 0 aromatic heterocycles.